The molecule has 2 rings (SSSR count). The number of unbranched alkanes of at least 4 members (excludes halogenated alkanes) is 2. The maximum Gasteiger partial charge on any atom is 0.156 e. The summed E-state index contributed by atoms with van der Waals surface area (Å²) in [6.07, 6.45) is 21.5. The molecule has 0 N–H and O–H groups in total. The van der Waals surface area contributed by atoms with E-state index in [1.54, 1.807) is 0 Å². The maximum atomic E-state index is 3.70. The molecule has 0 bridgehead atoms. The molecule has 0 spiro atoms. The van der Waals surface area contributed by atoms with Crippen LogP contribution in [0.1, 0.15) is 26.2 Å². The van der Waals surface area contributed by atoms with Gasteiger partial charge in [0.15, 0.2) is 8.07 Å². The van der Waals surface area contributed by atoms with Crippen molar-refractivity contribution < 1.29 is 0 Å². The van der Waals surface area contributed by atoms with E-state index in [0.717, 1.165) is 6.42 Å². The van der Waals surface area contributed by atoms with Gasteiger partial charge in [0.2, 0.25) is 0 Å². The Bertz CT molecular complexity index is 402. The van der Waals surface area contributed by atoms with Crippen LogP contribution in [0.5, 0.6) is 0 Å². The standard InChI is InChI=1S/C17H22Si/c1-3-4-5-10-15-18(2,16-11-6-7-12-16)17-13-8-9-14-17/h6-9,11-14,16-17H,3-5H2,1-2H3. The highest BCUT2D eigenvalue weighted by molar-refractivity contribution is 6.90. The highest BCUT2D eigenvalue weighted by atomic mass is 28.3. The maximum absolute atomic E-state index is 3.70. The van der Waals surface area contributed by atoms with Gasteiger partial charge >= 0.3 is 0 Å². The van der Waals surface area contributed by atoms with Crippen LogP contribution in [0.15, 0.2) is 48.6 Å². The van der Waals surface area contributed by atoms with Gasteiger partial charge in [0.05, 0.1) is 0 Å². The van der Waals surface area contributed by atoms with E-state index in [2.05, 4.69) is 73.5 Å². The van der Waals surface area contributed by atoms with E-state index >= 15 is 0 Å². The molecule has 0 aromatic heterocycles. The van der Waals surface area contributed by atoms with Gasteiger partial charge in [-0.15, -0.1) is 11.5 Å². The predicted octanol–water partition coefficient (Wildman–Crippen LogP) is 4.79. The van der Waals surface area contributed by atoms with E-state index in [1.807, 2.05) is 0 Å². The number of rotatable bonds is 4. The van der Waals surface area contributed by atoms with Crippen molar-refractivity contribution in [2.45, 2.75) is 43.8 Å². The smallest absolute Gasteiger partial charge is 0.130 e. The lowest BCUT2D eigenvalue weighted by atomic mass is 10.3. The molecular formula is C17H22Si. The van der Waals surface area contributed by atoms with Gasteiger partial charge in [-0.05, 0) is 6.42 Å². The third kappa shape index (κ3) is 2.76. The fraction of sp³-hybridized carbons (Fsp3) is 0.412. The van der Waals surface area contributed by atoms with Gasteiger partial charge in [-0.1, -0.05) is 68.5 Å². The Kier molecular flexibility index (Phi) is 4.44. The first-order chi connectivity index (χ1) is 8.77. The molecule has 0 radical (unpaired) electrons. The normalized spacial score (nSPS) is 18.6. The lowest BCUT2D eigenvalue weighted by molar-refractivity contribution is 0.828. The first-order valence-corrected chi connectivity index (χ1v) is 9.63. The Balaban J connectivity index is 2.18. The summed E-state index contributed by atoms with van der Waals surface area (Å²) >= 11 is 0. The van der Waals surface area contributed by atoms with Gasteiger partial charge in [0.25, 0.3) is 0 Å². The number of allylic oxidation sites excluding steroid dienone is 8. The quantitative estimate of drug-likeness (QED) is 0.384. The molecule has 0 aromatic rings. The zero-order valence-corrected chi connectivity index (χ0v) is 12.4. The Morgan fingerprint density at radius 1 is 0.944 bits per heavy atom. The van der Waals surface area contributed by atoms with E-state index in [9.17, 15) is 0 Å². The topological polar surface area (TPSA) is 0 Å². The number of hydrogen-bond acceptors (Lipinski definition) is 0. The van der Waals surface area contributed by atoms with Crippen LogP contribution >= 0.6 is 0 Å². The van der Waals surface area contributed by atoms with Crippen molar-refractivity contribution in [1.29, 1.82) is 0 Å². The second-order valence-corrected chi connectivity index (χ2v) is 9.43. The highest BCUT2D eigenvalue weighted by Crippen LogP contribution is 2.40. The molecule has 18 heavy (non-hydrogen) atoms. The average Bonchev–Trinajstić information content (AvgIpc) is 3.05. The SMILES string of the molecule is CCCCC#C[Si](C)(C1C=CC=C1)C1C=CC=C1. The predicted molar refractivity (Wildman–Crippen MR) is 83.0 cm³/mol. The van der Waals surface area contributed by atoms with E-state index in [0.29, 0.717) is 11.1 Å². The molecule has 1 heteroatoms. The molecule has 0 unspecified atom stereocenters. The van der Waals surface area contributed by atoms with Crippen LogP contribution < -0.4 is 0 Å². The fourth-order valence-corrected chi connectivity index (χ4v) is 5.90. The van der Waals surface area contributed by atoms with Crippen LogP contribution in [-0.4, -0.2) is 8.07 Å². The van der Waals surface area contributed by atoms with Crippen molar-refractivity contribution in [3.05, 3.63) is 48.6 Å². The van der Waals surface area contributed by atoms with E-state index in [-0.39, 0.29) is 0 Å². The zero-order chi connectivity index (χ0) is 12.8. The molecule has 2 aliphatic carbocycles. The summed E-state index contributed by atoms with van der Waals surface area (Å²) in [6, 6.07) is 0. The van der Waals surface area contributed by atoms with Crippen molar-refractivity contribution in [2.75, 3.05) is 0 Å². The van der Waals surface area contributed by atoms with E-state index in [4.69, 9.17) is 0 Å². The van der Waals surface area contributed by atoms with Gasteiger partial charge < -0.3 is 0 Å². The summed E-state index contributed by atoms with van der Waals surface area (Å²) in [5.74, 6) is 3.46. The summed E-state index contributed by atoms with van der Waals surface area (Å²) in [6.45, 7) is 4.66. The van der Waals surface area contributed by atoms with Crippen molar-refractivity contribution in [3.63, 3.8) is 0 Å². The summed E-state index contributed by atoms with van der Waals surface area (Å²) in [5, 5.41) is 0. The van der Waals surface area contributed by atoms with Gasteiger partial charge in [-0.25, -0.2) is 0 Å². The molecule has 0 nitrogen and oxygen atoms in total. The lowest BCUT2D eigenvalue weighted by Crippen LogP contribution is -2.37. The molecular weight excluding hydrogens is 232 g/mol. The van der Waals surface area contributed by atoms with Gasteiger partial charge in [0, 0.05) is 17.5 Å². The Hall–Kier alpha value is -1.26. The third-order valence-electron chi connectivity index (χ3n) is 3.89. The van der Waals surface area contributed by atoms with Gasteiger partial charge in [-0.2, -0.15) is 0 Å². The van der Waals surface area contributed by atoms with Crippen LogP contribution in [-0.2, 0) is 0 Å². The molecule has 0 saturated heterocycles. The molecule has 94 valence electrons. The number of hydrogen-bond donors (Lipinski definition) is 0. The molecule has 0 atom stereocenters. The van der Waals surface area contributed by atoms with Crippen molar-refractivity contribution in [3.8, 4) is 11.5 Å². The molecule has 0 fully saturated rings. The summed E-state index contributed by atoms with van der Waals surface area (Å²) in [5.41, 5.74) is 4.85. The summed E-state index contributed by atoms with van der Waals surface area (Å²) in [7, 11) is -1.64. The first kappa shape index (κ1) is 13.2. The van der Waals surface area contributed by atoms with Crippen LogP contribution in [0.2, 0.25) is 17.6 Å². The first-order valence-electron chi connectivity index (χ1n) is 6.97. The molecule has 0 amide bonds. The summed E-state index contributed by atoms with van der Waals surface area (Å²) < 4.78 is 0. The van der Waals surface area contributed by atoms with Crippen LogP contribution in [0.3, 0.4) is 0 Å². The zero-order valence-electron chi connectivity index (χ0n) is 11.4. The minimum Gasteiger partial charge on any atom is -0.130 e. The van der Waals surface area contributed by atoms with Gasteiger partial charge in [0.1, 0.15) is 0 Å². The fourth-order valence-electron chi connectivity index (χ4n) is 2.57. The molecule has 0 aromatic carbocycles. The van der Waals surface area contributed by atoms with Crippen LogP contribution in [0.4, 0.5) is 0 Å². The molecule has 0 heterocycles. The minimum atomic E-state index is -1.64. The van der Waals surface area contributed by atoms with E-state index < -0.39 is 8.07 Å². The van der Waals surface area contributed by atoms with Crippen molar-refractivity contribution in [2.24, 2.45) is 0 Å². The largest absolute Gasteiger partial charge is 0.156 e. The minimum absolute atomic E-state index is 0.573. The average molecular weight is 254 g/mol. The second kappa shape index (κ2) is 6.07. The summed E-state index contributed by atoms with van der Waals surface area (Å²) in [4.78, 5) is 0. The van der Waals surface area contributed by atoms with Crippen LogP contribution in [0.25, 0.3) is 0 Å². The Morgan fingerprint density at radius 3 is 1.89 bits per heavy atom. The highest BCUT2D eigenvalue weighted by Gasteiger charge is 2.39. The Morgan fingerprint density at radius 2 is 1.44 bits per heavy atom. The second-order valence-electron chi connectivity index (χ2n) is 5.28. The Labute approximate surface area is 112 Å². The van der Waals surface area contributed by atoms with E-state index in [1.165, 1.54) is 12.8 Å². The third-order valence-corrected chi connectivity index (χ3v) is 8.15. The molecule has 2 aliphatic rings. The van der Waals surface area contributed by atoms with Crippen molar-refractivity contribution >= 4 is 8.07 Å². The molecule has 0 saturated carbocycles. The van der Waals surface area contributed by atoms with Gasteiger partial charge in [-0.3, -0.25) is 0 Å². The molecule has 0 aliphatic heterocycles. The monoisotopic (exact) mass is 254 g/mol. The van der Waals surface area contributed by atoms with Crippen LogP contribution in [0, 0.1) is 11.5 Å². The van der Waals surface area contributed by atoms with Crippen molar-refractivity contribution in [1.82, 2.24) is 0 Å². The lowest BCUT2D eigenvalue weighted by Gasteiger charge is -2.30.